The van der Waals surface area contributed by atoms with Crippen LogP contribution in [0.2, 0.25) is 0 Å². The number of nitrogens with zero attached hydrogens (tertiary/aromatic N) is 5. The van der Waals surface area contributed by atoms with E-state index < -0.39 is 5.97 Å². The third kappa shape index (κ3) is 4.32. The topological polar surface area (TPSA) is 119 Å². The van der Waals surface area contributed by atoms with Gasteiger partial charge in [0.15, 0.2) is 5.82 Å². The molecule has 0 saturated carbocycles. The van der Waals surface area contributed by atoms with Crippen LogP contribution in [0.1, 0.15) is 22.5 Å². The number of imidazole rings is 1. The molecule has 0 aliphatic carbocycles. The molecule has 5 aromatic rings. The number of fused-ring (bicyclic) bond motifs is 1. The Labute approximate surface area is 207 Å². The van der Waals surface area contributed by atoms with Crippen molar-refractivity contribution in [1.82, 2.24) is 35.2 Å². The summed E-state index contributed by atoms with van der Waals surface area (Å²) < 4.78 is 5.49. The Hall–Kier alpha value is -4.50. The SMILES string of the molecule is Cc1cccc(-c2[nH]cnc2-c2ccc3ncc(-c4ncc(C(=O)O[C@H]5CCNC5)cn4)cc3c2)n1. The molecule has 0 radical (unpaired) electrons. The van der Waals surface area contributed by atoms with E-state index in [4.69, 9.17) is 4.74 Å². The van der Waals surface area contributed by atoms with Crippen molar-refractivity contribution in [2.24, 2.45) is 0 Å². The molecule has 2 N–H and O–H groups in total. The van der Waals surface area contributed by atoms with E-state index >= 15 is 0 Å². The first kappa shape index (κ1) is 22.0. The largest absolute Gasteiger partial charge is 0.457 e. The molecule has 1 fully saturated rings. The van der Waals surface area contributed by atoms with Gasteiger partial charge in [0.25, 0.3) is 0 Å². The van der Waals surface area contributed by atoms with E-state index in [0.717, 1.165) is 57.8 Å². The minimum atomic E-state index is -0.408. The molecular weight excluding hydrogens is 454 g/mol. The van der Waals surface area contributed by atoms with E-state index in [0.29, 0.717) is 17.9 Å². The zero-order valence-corrected chi connectivity index (χ0v) is 19.6. The lowest BCUT2D eigenvalue weighted by molar-refractivity contribution is 0.0343. The van der Waals surface area contributed by atoms with Crippen molar-refractivity contribution in [2.45, 2.75) is 19.4 Å². The molecule has 1 aromatic carbocycles. The molecule has 9 nitrogen and oxygen atoms in total. The number of aromatic nitrogens is 6. The second-order valence-corrected chi connectivity index (χ2v) is 8.74. The minimum absolute atomic E-state index is 0.104. The van der Waals surface area contributed by atoms with Gasteiger partial charge in [0.05, 0.1) is 34.5 Å². The average Bonchev–Trinajstić information content (AvgIpc) is 3.61. The molecule has 1 saturated heterocycles. The van der Waals surface area contributed by atoms with Gasteiger partial charge in [0.2, 0.25) is 0 Å². The highest BCUT2D eigenvalue weighted by Gasteiger charge is 2.20. The van der Waals surface area contributed by atoms with Crippen molar-refractivity contribution < 1.29 is 9.53 Å². The van der Waals surface area contributed by atoms with Crippen LogP contribution in [-0.2, 0) is 4.74 Å². The molecule has 0 amide bonds. The summed E-state index contributed by atoms with van der Waals surface area (Å²) in [6.45, 7) is 3.50. The number of benzene rings is 1. The monoisotopic (exact) mass is 477 g/mol. The fourth-order valence-electron chi connectivity index (χ4n) is 4.32. The van der Waals surface area contributed by atoms with E-state index in [-0.39, 0.29) is 6.10 Å². The lowest BCUT2D eigenvalue weighted by Gasteiger charge is -2.10. The highest BCUT2D eigenvalue weighted by molar-refractivity contribution is 5.90. The van der Waals surface area contributed by atoms with Crippen molar-refractivity contribution in [3.8, 4) is 34.0 Å². The van der Waals surface area contributed by atoms with E-state index in [1.54, 1.807) is 12.5 Å². The molecular formula is C27H23N7O2. The van der Waals surface area contributed by atoms with Gasteiger partial charge in [-0.15, -0.1) is 0 Å². The lowest BCUT2D eigenvalue weighted by Crippen LogP contribution is -2.21. The van der Waals surface area contributed by atoms with Crippen molar-refractivity contribution in [2.75, 3.05) is 13.1 Å². The predicted molar refractivity (Wildman–Crippen MR) is 135 cm³/mol. The summed E-state index contributed by atoms with van der Waals surface area (Å²) in [6, 6.07) is 13.9. The Morgan fingerprint density at radius 1 is 1.00 bits per heavy atom. The highest BCUT2D eigenvalue weighted by Crippen LogP contribution is 2.31. The average molecular weight is 478 g/mol. The number of rotatable bonds is 5. The highest BCUT2D eigenvalue weighted by atomic mass is 16.5. The summed E-state index contributed by atoms with van der Waals surface area (Å²) >= 11 is 0. The Balaban J connectivity index is 1.29. The number of nitrogens with one attached hydrogen (secondary N) is 2. The molecule has 6 rings (SSSR count). The van der Waals surface area contributed by atoms with Crippen molar-refractivity contribution in [3.63, 3.8) is 0 Å². The van der Waals surface area contributed by atoms with Gasteiger partial charge in [0, 0.05) is 47.3 Å². The maximum absolute atomic E-state index is 12.4. The number of hydrogen-bond donors (Lipinski definition) is 2. The molecule has 5 heterocycles. The van der Waals surface area contributed by atoms with Crippen LogP contribution in [0.15, 0.2) is 67.4 Å². The van der Waals surface area contributed by atoms with Crippen LogP contribution < -0.4 is 5.32 Å². The molecule has 0 unspecified atom stereocenters. The number of ether oxygens (including phenoxy) is 1. The smallest absolute Gasteiger partial charge is 0.341 e. The van der Waals surface area contributed by atoms with Crippen molar-refractivity contribution in [1.29, 1.82) is 0 Å². The van der Waals surface area contributed by atoms with E-state index in [9.17, 15) is 4.79 Å². The number of pyridine rings is 2. The quantitative estimate of drug-likeness (QED) is 0.365. The van der Waals surface area contributed by atoms with Crippen LogP contribution in [-0.4, -0.2) is 55.1 Å². The van der Waals surface area contributed by atoms with Gasteiger partial charge in [-0.05, 0) is 50.2 Å². The third-order valence-corrected chi connectivity index (χ3v) is 6.17. The molecule has 36 heavy (non-hydrogen) atoms. The van der Waals surface area contributed by atoms with E-state index in [1.165, 1.54) is 12.4 Å². The summed E-state index contributed by atoms with van der Waals surface area (Å²) in [5.41, 5.74) is 6.33. The van der Waals surface area contributed by atoms with Crippen LogP contribution >= 0.6 is 0 Å². The normalized spacial score (nSPS) is 15.3. The van der Waals surface area contributed by atoms with Gasteiger partial charge in [-0.1, -0.05) is 12.1 Å². The summed E-state index contributed by atoms with van der Waals surface area (Å²) in [5, 5.41) is 4.10. The number of carbonyl (C=O) groups is 1. The zero-order chi connectivity index (χ0) is 24.5. The molecule has 0 spiro atoms. The summed E-state index contributed by atoms with van der Waals surface area (Å²) in [7, 11) is 0. The summed E-state index contributed by atoms with van der Waals surface area (Å²) in [4.78, 5) is 38.1. The lowest BCUT2D eigenvalue weighted by atomic mass is 10.0. The number of carbonyl (C=O) groups excluding carboxylic acids is 1. The van der Waals surface area contributed by atoms with E-state index in [1.807, 2.05) is 49.4 Å². The van der Waals surface area contributed by atoms with E-state index in [2.05, 4.69) is 35.2 Å². The van der Waals surface area contributed by atoms with Gasteiger partial charge in [0.1, 0.15) is 6.10 Å². The maximum Gasteiger partial charge on any atom is 0.341 e. The van der Waals surface area contributed by atoms with Crippen LogP contribution in [0.4, 0.5) is 0 Å². The van der Waals surface area contributed by atoms with Gasteiger partial charge in [-0.25, -0.2) is 19.7 Å². The van der Waals surface area contributed by atoms with Gasteiger partial charge < -0.3 is 15.0 Å². The zero-order valence-electron chi connectivity index (χ0n) is 19.6. The van der Waals surface area contributed by atoms with Gasteiger partial charge >= 0.3 is 5.97 Å². The molecule has 0 bridgehead atoms. The van der Waals surface area contributed by atoms with Gasteiger partial charge in [-0.3, -0.25) is 9.97 Å². The Morgan fingerprint density at radius 3 is 2.67 bits per heavy atom. The molecule has 178 valence electrons. The number of hydrogen-bond acceptors (Lipinski definition) is 8. The van der Waals surface area contributed by atoms with Crippen LogP contribution in [0.3, 0.4) is 0 Å². The third-order valence-electron chi connectivity index (χ3n) is 6.17. The second kappa shape index (κ2) is 9.27. The molecule has 4 aromatic heterocycles. The Kier molecular flexibility index (Phi) is 5.67. The van der Waals surface area contributed by atoms with Crippen LogP contribution in [0, 0.1) is 6.92 Å². The molecule has 1 atom stereocenters. The second-order valence-electron chi connectivity index (χ2n) is 8.74. The Morgan fingerprint density at radius 2 is 1.86 bits per heavy atom. The first-order chi connectivity index (χ1) is 17.6. The number of aryl methyl sites for hydroxylation is 1. The fraction of sp³-hybridized carbons (Fsp3) is 0.185. The fourth-order valence-corrected chi connectivity index (χ4v) is 4.32. The standard InChI is InChI=1S/C27H23N7O2/c1-16-3-2-4-23(34-16)25-24(32-15-33-25)17-5-6-22-18(9-17)10-19(11-29-22)26-30-12-20(13-31-26)27(35)36-21-7-8-28-14-21/h2-6,9-13,15,21,28H,7-8,14H2,1H3,(H,32,33)/t21-/m0/s1. The van der Waals surface area contributed by atoms with Gasteiger partial charge in [-0.2, -0.15) is 0 Å². The number of esters is 1. The van der Waals surface area contributed by atoms with Crippen molar-refractivity contribution in [3.05, 3.63) is 78.6 Å². The maximum atomic E-state index is 12.4. The summed E-state index contributed by atoms with van der Waals surface area (Å²) in [5.74, 6) is 0.0766. The molecule has 9 heteroatoms. The van der Waals surface area contributed by atoms with Crippen molar-refractivity contribution >= 4 is 16.9 Å². The first-order valence-electron chi connectivity index (χ1n) is 11.8. The van der Waals surface area contributed by atoms with Crippen LogP contribution in [0.25, 0.3) is 44.9 Å². The first-order valence-corrected chi connectivity index (χ1v) is 11.8. The Bertz CT molecular complexity index is 1560. The number of H-pyrrole nitrogens is 1. The summed E-state index contributed by atoms with van der Waals surface area (Å²) in [6.07, 6.45) is 7.12. The molecule has 1 aliphatic heterocycles. The van der Waals surface area contributed by atoms with Crippen LogP contribution in [0.5, 0.6) is 0 Å². The predicted octanol–water partition coefficient (Wildman–Crippen LogP) is 3.97. The molecule has 1 aliphatic rings. The minimum Gasteiger partial charge on any atom is -0.457 e. The number of aromatic amines is 1.